The van der Waals surface area contributed by atoms with E-state index in [1.54, 1.807) is 7.11 Å². The number of hydrogen-bond donors (Lipinski definition) is 1. The van der Waals surface area contributed by atoms with Gasteiger partial charge in [-0.2, -0.15) is 0 Å². The van der Waals surface area contributed by atoms with Gasteiger partial charge in [0, 0.05) is 19.7 Å². The number of ether oxygens (including phenoxy) is 2. The maximum Gasteiger partial charge on any atom is 0.0715 e. The van der Waals surface area contributed by atoms with Crippen LogP contribution in [0.5, 0.6) is 0 Å². The maximum atomic E-state index is 5.67. The van der Waals surface area contributed by atoms with Gasteiger partial charge in [-0.1, -0.05) is 13.8 Å². The highest BCUT2D eigenvalue weighted by atomic mass is 16.5. The average molecular weight is 201 g/mol. The molecule has 1 saturated heterocycles. The van der Waals surface area contributed by atoms with Crippen LogP contribution in [0.4, 0.5) is 0 Å². The predicted molar refractivity (Wildman–Crippen MR) is 57.5 cm³/mol. The van der Waals surface area contributed by atoms with E-state index in [1.807, 2.05) is 0 Å². The van der Waals surface area contributed by atoms with Gasteiger partial charge >= 0.3 is 0 Å². The molecule has 2 atom stereocenters. The zero-order valence-corrected chi connectivity index (χ0v) is 9.58. The molecule has 1 heterocycles. The van der Waals surface area contributed by atoms with Crippen LogP contribution in [0, 0.1) is 5.92 Å². The maximum absolute atomic E-state index is 5.67. The summed E-state index contributed by atoms with van der Waals surface area (Å²) in [6.45, 7) is 6.95. The van der Waals surface area contributed by atoms with Crippen LogP contribution >= 0.6 is 0 Å². The molecule has 14 heavy (non-hydrogen) atoms. The first-order valence-corrected chi connectivity index (χ1v) is 5.56. The summed E-state index contributed by atoms with van der Waals surface area (Å²) in [7, 11) is 1.71. The topological polar surface area (TPSA) is 30.5 Å². The van der Waals surface area contributed by atoms with Crippen LogP contribution in [0.3, 0.4) is 0 Å². The Kier molecular flexibility index (Phi) is 5.45. The molecule has 1 aliphatic rings. The third-order valence-corrected chi connectivity index (χ3v) is 2.58. The van der Waals surface area contributed by atoms with E-state index in [2.05, 4.69) is 19.2 Å². The fraction of sp³-hybridized carbons (Fsp3) is 1.00. The second-order valence-corrected chi connectivity index (χ2v) is 4.46. The minimum absolute atomic E-state index is 0.397. The van der Waals surface area contributed by atoms with Crippen molar-refractivity contribution in [3.63, 3.8) is 0 Å². The molecule has 0 aromatic rings. The second kappa shape index (κ2) is 6.38. The van der Waals surface area contributed by atoms with Crippen LogP contribution in [0.2, 0.25) is 0 Å². The van der Waals surface area contributed by atoms with E-state index in [9.17, 15) is 0 Å². The molecule has 1 rings (SSSR count). The summed E-state index contributed by atoms with van der Waals surface area (Å²) in [6.07, 6.45) is 2.81. The summed E-state index contributed by atoms with van der Waals surface area (Å²) in [4.78, 5) is 0. The van der Waals surface area contributed by atoms with Gasteiger partial charge in [0.05, 0.1) is 19.3 Å². The van der Waals surface area contributed by atoms with Crippen LogP contribution in [-0.2, 0) is 9.47 Å². The van der Waals surface area contributed by atoms with Gasteiger partial charge in [-0.05, 0) is 18.8 Å². The first-order chi connectivity index (χ1) is 6.72. The molecule has 0 radical (unpaired) electrons. The van der Waals surface area contributed by atoms with Gasteiger partial charge in [-0.15, -0.1) is 0 Å². The lowest BCUT2D eigenvalue weighted by Crippen LogP contribution is -2.23. The molecule has 3 nitrogen and oxygen atoms in total. The van der Waals surface area contributed by atoms with Gasteiger partial charge in [0.2, 0.25) is 0 Å². The molecular weight excluding hydrogens is 178 g/mol. The predicted octanol–water partition coefficient (Wildman–Crippen LogP) is 1.43. The lowest BCUT2D eigenvalue weighted by Gasteiger charge is -2.13. The molecule has 0 unspecified atom stereocenters. The molecular formula is C11H23NO2. The van der Waals surface area contributed by atoms with Crippen molar-refractivity contribution in [1.29, 1.82) is 0 Å². The van der Waals surface area contributed by atoms with E-state index in [-0.39, 0.29) is 0 Å². The van der Waals surface area contributed by atoms with Gasteiger partial charge in [-0.25, -0.2) is 0 Å². The summed E-state index contributed by atoms with van der Waals surface area (Å²) in [6, 6.07) is 0.655. The van der Waals surface area contributed by atoms with Crippen molar-refractivity contribution in [3.05, 3.63) is 0 Å². The highest BCUT2D eigenvalue weighted by Crippen LogP contribution is 2.16. The molecule has 0 aromatic heterocycles. The van der Waals surface area contributed by atoms with Crippen molar-refractivity contribution >= 4 is 0 Å². The highest BCUT2D eigenvalue weighted by molar-refractivity contribution is 4.82. The Morgan fingerprint density at radius 1 is 1.36 bits per heavy atom. The summed E-state index contributed by atoms with van der Waals surface area (Å²) in [5.41, 5.74) is 0. The average Bonchev–Trinajstić information content (AvgIpc) is 2.52. The first-order valence-electron chi connectivity index (χ1n) is 5.56. The van der Waals surface area contributed by atoms with Crippen LogP contribution < -0.4 is 5.32 Å². The number of nitrogens with one attached hydrogen (secondary N) is 1. The smallest absolute Gasteiger partial charge is 0.0715 e. The Balaban J connectivity index is 2.08. The monoisotopic (exact) mass is 201 g/mol. The van der Waals surface area contributed by atoms with Gasteiger partial charge < -0.3 is 14.8 Å². The van der Waals surface area contributed by atoms with Crippen LogP contribution in [0.25, 0.3) is 0 Å². The zero-order valence-electron chi connectivity index (χ0n) is 9.58. The Morgan fingerprint density at radius 3 is 2.79 bits per heavy atom. The summed E-state index contributed by atoms with van der Waals surface area (Å²) in [5, 5.41) is 3.50. The van der Waals surface area contributed by atoms with E-state index >= 15 is 0 Å². The lowest BCUT2D eigenvalue weighted by atomic mass is 10.0. The normalized spacial score (nSPS) is 27.4. The molecule has 0 aliphatic carbocycles. The molecule has 1 N–H and O–H groups in total. The zero-order chi connectivity index (χ0) is 10.4. The van der Waals surface area contributed by atoms with Gasteiger partial charge in [0.1, 0.15) is 0 Å². The van der Waals surface area contributed by atoms with Crippen molar-refractivity contribution in [2.75, 3.05) is 26.9 Å². The van der Waals surface area contributed by atoms with Crippen LogP contribution in [0.1, 0.15) is 26.7 Å². The van der Waals surface area contributed by atoms with E-state index in [1.165, 1.54) is 6.42 Å². The lowest BCUT2D eigenvalue weighted by molar-refractivity contribution is 0.0259. The van der Waals surface area contributed by atoms with Crippen molar-refractivity contribution in [1.82, 2.24) is 5.32 Å². The van der Waals surface area contributed by atoms with Crippen LogP contribution in [-0.4, -0.2) is 39.0 Å². The van der Waals surface area contributed by atoms with E-state index in [4.69, 9.17) is 9.47 Å². The molecule has 1 aliphatic heterocycles. The Hall–Kier alpha value is -0.120. The second-order valence-electron chi connectivity index (χ2n) is 4.46. The minimum Gasteiger partial charge on any atom is -0.382 e. The minimum atomic E-state index is 0.397. The molecule has 0 aromatic carbocycles. The first kappa shape index (κ1) is 12.0. The molecule has 0 bridgehead atoms. The number of hydrogen-bond acceptors (Lipinski definition) is 3. The fourth-order valence-corrected chi connectivity index (χ4v) is 1.96. The van der Waals surface area contributed by atoms with Crippen molar-refractivity contribution in [2.45, 2.75) is 38.8 Å². The fourth-order valence-electron chi connectivity index (χ4n) is 1.96. The van der Waals surface area contributed by atoms with Crippen molar-refractivity contribution in [2.24, 2.45) is 5.92 Å². The van der Waals surface area contributed by atoms with Crippen molar-refractivity contribution in [3.8, 4) is 0 Å². The Labute approximate surface area is 87.2 Å². The SMILES string of the molecule is COCCO[C@@H]1CN[C@H](CC(C)C)C1. The van der Waals surface area contributed by atoms with Gasteiger partial charge in [-0.3, -0.25) is 0 Å². The number of methoxy groups -OCH3 is 1. The molecule has 0 spiro atoms. The third-order valence-electron chi connectivity index (χ3n) is 2.58. The van der Waals surface area contributed by atoms with E-state index in [0.717, 1.165) is 25.5 Å². The number of rotatable bonds is 6. The van der Waals surface area contributed by atoms with E-state index < -0.39 is 0 Å². The van der Waals surface area contributed by atoms with Gasteiger partial charge in [0.15, 0.2) is 0 Å². The molecule has 0 saturated carbocycles. The Morgan fingerprint density at radius 2 is 2.14 bits per heavy atom. The molecule has 1 fully saturated rings. The van der Waals surface area contributed by atoms with Crippen molar-refractivity contribution < 1.29 is 9.47 Å². The van der Waals surface area contributed by atoms with Gasteiger partial charge in [0.25, 0.3) is 0 Å². The third kappa shape index (κ3) is 4.40. The quantitative estimate of drug-likeness (QED) is 0.659. The molecule has 84 valence electrons. The molecule has 0 amide bonds. The summed E-state index contributed by atoms with van der Waals surface area (Å²) >= 11 is 0. The van der Waals surface area contributed by atoms with E-state index in [0.29, 0.717) is 18.8 Å². The largest absolute Gasteiger partial charge is 0.382 e. The van der Waals surface area contributed by atoms with Crippen LogP contribution in [0.15, 0.2) is 0 Å². The highest BCUT2D eigenvalue weighted by Gasteiger charge is 2.24. The summed E-state index contributed by atoms with van der Waals surface area (Å²) in [5.74, 6) is 0.769. The summed E-state index contributed by atoms with van der Waals surface area (Å²) < 4.78 is 10.6. The molecule has 3 heteroatoms. The Bertz CT molecular complexity index is 150. The standard InChI is InChI=1S/C11H23NO2/c1-9(2)6-10-7-11(8-12-10)14-5-4-13-3/h9-12H,4-8H2,1-3H3/t10-,11+/m1/s1.